The van der Waals surface area contributed by atoms with Crippen molar-refractivity contribution in [3.63, 3.8) is 0 Å². The van der Waals surface area contributed by atoms with Gasteiger partial charge in [0.2, 0.25) is 6.79 Å². The van der Waals surface area contributed by atoms with Crippen molar-refractivity contribution in [3.05, 3.63) is 35.8 Å². The molecule has 2 heterocycles. The molecule has 18 heavy (non-hydrogen) atoms. The summed E-state index contributed by atoms with van der Waals surface area (Å²) in [6, 6.07) is 9.25. The van der Waals surface area contributed by atoms with Gasteiger partial charge in [-0.15, -0.1) is 0 Å². The minimum absolute atomic E-state index is 0.241. The van der Waals surface area contributed by atoms with Crippen LogP contribution in [0.1, 0.15) is 11.5 Å². The molecular formula is C13H9N3O2. The van der Waals surface area contributed by atoms with E-state index in [0.29, 0.717) is 23.0 Å². The molecule has 0 aliphatic carbocycles. The second-order valence-electron chi connectivity index (χ2n) is 3.87. The number of nitrogens with zero attached hydrogens (tertiary/aromatic N) is 3. The molecule has 0 saturated heterocycles. The SMILES string of the molecule is Cc1nc(C#N)cc(-c2ccc3c(c2)OCO3)n1. The zero-order chi connectivity index (χ0) is 12.5. The number of aryl methyl sites for hydroxylation is 1. The highest BCUT2D eigenvalue weighted by atomic mass is 16.7. The number of aromatic nitrogens is 2. The van der Waals surface area contributed by atoms with E-state index in [9.17, 15) is 0 Å². The number of hydrogen-bond acceptors (Lipinski definition) is 5. The smallest absolute Gasteiger partial charge is 0.231 e. The third-order valence-corrected chi connectivity index (χ3v) is 2.62. The van der Waals surface area contributed by atoms with Crippen LogP contribution >= 0.6 is 0 Å². The normalized spacial score (nSPS) is 12.2. The molecule has 0 saturated carbocycles. The Morgan fingerprint density at radius 3 is 2.83 bits per heavy atom. The molecule has 0 spiro atoms. The summed E-state index contributed by atoms with van der Waals surface area (Å²) in [5.41, 5.74) is 1.94. The van der Waals surface area contributed by atoms with Crippen molar-refractivity contribution < 1.29 is 9.47 Å². The summed E-state index contributed by atoms with van der Waals surface area (Å²) in [7, 11) is 0. The number of rotatable bonds is 1. The van der Waals surface area contributed by atoms with Gasteiger partial charge in [0, 0.05) is 11.6 Å². The van der Waals surface area contributed by atoms with E-state index in [2.05, 4.69) is 9.97 Å². The van der Waals surface area contributed by atoms with Crippen LogP contribution in [0.3, 0.4) is 0 Å². The molecule has 88 valence electrons. The molecule has 1 aliphatic rings. The molecule has 0 atom stereocenters. The first-order chi connectivity index (χ1) is 8.76. The van der Waals surface area contributed by atoms with Crippen LogP contribution in [0.15, 0.2) is 24.3 Å². The fourth-order valence-electron chi connectivity index (χ4n) is 1.83. The summed E-state index contributed by atoms with van der Waals surface area (Å²) in [6.07, 6.45) is 0. The van der Waals surface area contributed by atoms with Gasteiger partial charge in [-0.3, -0.25) is 0 Å². The number of fused-ring (bicyclic) bond motifs is 1. The first kappa shape index (κ1) is 10.5. The zero-order valence-electron chi connectivity index (χ0n) is 9.67. The molecule has 0 N–H and O–H groups in total. The maximum atomic E-state index is 8.90. The van der Waals surface area contributed by atoms with E-state index in [-0.39, 0.29) is 6.79 Å². The van der Waals surface area contributed by atoms with Gasteiger partial charge < -0.3 is 9.47 Å². The van der Waals surface area contributed by atoms with Gasteiger partial charge in [-0.1, -0.05) is 0 Å². The summed E-state index contributed by atoms with van der Waals surface area (Å²) >= 11 is 0. The largest absolute Gasteiger partial charge is 0.454 e. The van der Waals surface area contributed by atoms with E-state index in [1.807, 2.05) is 24.3 Å². The Bertz CT molecular complexity index is 662. The minimum Gasteiger partial charge on any atom is -0.454 e. The van der Waals surface area contributed by atoms with Crippen LogP contribution in [-0.4, -0.2) is 16.8 Å². The fourth-order valence-corrected chi connectivity index (χ4v) is 1.83. The van der Waals surface area contributed by atoms with Gasteiger partial charge in [0.05, 0.1) is 5.69 Å². The molecule has 2 aromatic rings. The molecule has 0 unspecified atom stereocenters. The predicted octanol–water partition coefficient (Wildman–Crippen LogP) is 2.05. The van der Waals surface area contributed by atoms with Crippen LogP contribution in [0, 0.1) is 18.3 Å². The second kappa shape index (κ2) is 4.00. The van der Waals surface area contributed by atoms with E-state index in [1.165, 1.54) is 0 Å². The summed E-state index contributed by atoms with van der Waals surface area (Å²) in [6.45, 7) is 2.00. The van der Waals surface area contributed by atoms with Crippen molar-refractivity contribution in [2.24, 2.45) is 0 Å². The van der Waals surface area contributed by atoms with Crippen molar-refractivity contribution >= 4 is 0 Å². The van der Waals surface area contributed by atoms with Crippen LogP contribution in [0.5, 0.6) is 11.5 Å². The maximum Gasteiger partial charge on any atom is 0.231 e. The second-order valence-corrected chi connectivity index (χ2v) is 3.87. The molecule has 1 aromatic carbocycles. The first-order valence-corrected chi connectivity index (χ1v) is 5.42. The number of hydrogen-bond donors (Lipinski definition) is 0. The van der Waals surface area contributed by atoms with Gasteiger partial charge in [-0.05, 0) is 25.1 Å². The monoisotopic (exact) mass is 239 g/mol. The van der Waals surface area contributed by atoms with Crippen LogP contribution in [0.25, 0.3) is 11.3 Å². The molecule has 0 amide bonds. The van der Waals surface area contributed by atoms with Crippen molar-refractivity contribution in [1.82, 2.24) is 9.97 Å². The van der Waals surface area contributed by atoms with E-state index < -0.39 is 0 Å². The number of benzene rings is 1. The Balaban J connectivity index is 2.10. The standard InChI is InChI=1S/C13H9N3O2/c1-8-15-10(6-14)5-11(16-8)9-2-3-12-13(4-9)18-7-17-12/h2-5H,7H2,1H3. The zero-order valence-corrected chi connectivity index (χ0v) is 9.67. The fraction of sp³-hybridized carbons (Fsp3) is 0.154. The Labute approximate surface area is 104 Å². The average molecular weight is 239 g/mol. The summed E-state index contributed by atoms with van der Waals surface area (Å²) in [5.74, 6) is 1.99. The maximum absolute atomic E-state index is 8.90. The van der Waals surface area contributed by atoms with Crippen LogP contribution in [-0.2, 0) is 0 Å². The van der Waals surface area contributed by atoms with E-state index in [1.54, 1.807) is 13.0 Å². The minimum atomic E-state index is 0.241. The van der Waals surface area contributed by atoms with Gasteiger partial charge in [-0.25, -0.2) is 9.97 Å². The van der Waals surface area contributed by atoms with Crippen molar-refractivity contribution in [1.29, 1.82) is 5.26 Å². The molecule has 5 nitrogen and oxygen atoms in total. The molecule has 1 aliphatic heterocycles. The summed E-state index contributed by atoms with van der Waals surface area (Å²) < 4.78 is 10.6. The van der Waals surface area contributed by atoms with Crippen molar-refractivity contribution in [2.75, 3.05) is 6.79 Å². The van der Waals surface area contributed by atoms with E-state index in [0.717, 1.165) is 11.3 Å². The lowest BCUT2D eigenvalue weighted by Crippen LogP contribution is -1.94. The lowest BCUT2D eigenvalue weighted by molar-refractivity contribution is 0.174. The molecule has 1 aromatic heterocycles. The lowest BCUT2D eigenvalue weighted by Gasteiger charge is -2.04. The Morgan fingerprint density at radius 2 is 2.00 bits per heavy atom. The quantitative estimate of drug-likeness (QED) is 0.761. The topological polar surface area (TPSA) is 68.0 Å². The van der Waals surface area contributed by atoms with Crippen LogP contribution in [0.2, 0.25) is 0 Å². The number of ether oxygens (including phenoxy) is 2. The predicted molar refractivity (Wildman–Crippen MR) is 63.0 cm³/mol. The van der Waals surface area contributed by atoms with Gasteiger partial charge in [0.25, 0.3) is 0 Å². The first-order valence-electron chi connectivity index (χ1n) is 5.42. The molecular weight excluding hydrogens is 230 g/mol. The van der Waals surface area contributed by atoms with Gasteiger partial charge >= 0.3 is 0 Å². The van der Waals surface area contributed by atoms with E-state index >= 15 is 0 Å². The highest BCUT2D eigenvalue weighted by Gasteiger charge is 2.14. The van der Waals surface area contributed by atoms with E-state index in [4.69, 9.17) is 14.7 Å². The third kappa shape index (κ3) is 1.74. The Kier molecular flexibility index (Phi) is 2.34. The third-order valence-electron chi connectivity index (χ3n) is 2.62. The van der Waals surface area contributed by atoms with Crippen molar-refractivity contribution in [2.45, 2.75) is 6.92 Å². The highest BCUT2D eigenvalue weighted by molar-refractivity contribution is 5.65. The molecule has 3 rings (SSSR count). The van der Waals surface area contributed by atoms with Crippen LogP contribution in [0.4, 0.5) is 0 Å². The van der Waals surface area contributed by atoms with Gasteiger partial charge in [0.15, 0.2) is 11.5 Å². The number of nitriles is 1. The highest BCUT2D eigenvalue weighted by Crippen LogP contribution is 2.35. The summed E-state index contributed by atoms with van der Waals surface area (Å²) in [5, 5.41) is 8.90. The summed E-state index contributed by atoms with van der Waals surface area (Å²) in [4.78, 5) is 8.34. The van der Waals surface area contributed by atoms with Gasteiger partial charge in [0.1, 0.15) is 17.6 Å². The Hall–Kier alpha value is -2.61. The van der Waals surface area contributed by atoms with Crippen molar-refractivity contribution in [3.8, 4) is 28.8 Å². The molecule has 5 heteroatoms. The van der Waals surface area contributed by atoms with Gasteiger partial charge in [-0.2, -0.15) is 5.26 Å². The Morgan fingerprint density at radius 1 is 1.17 bits per heavy atom. The average Bonchev–Trinajstić information content (AvgIpc) is 2.85. The lowest BCUT2D eigenvalue weighted by atomic mass is 10.1. The molecule has 0 fully saturated rings. The molecule has 0 bridgehead atoms. The van der Waals surface area contributed by atoms with Crippen LogP contribution < -0.4 is 9.47 Å². The molecule has 0 radical (unpaired) electrons.